The molecule has 0 atom stereocenters. The van der Waals surface area contributed by atoms with E-state index >= 15 is 0 Å². The Bertz CT molecular complexity index is 659. The van der Waals surface area contributed by atoms with Crippen LogP contribution in [0.4, 0.5) is 11.6 Å². The molecule has 0 aliphatic rings. The van der Waals surface area contributed by atoms with Crippen molar-refractivity contribution in [3.63, 3.8) is 0 Å². The van der Waals surface area contributed by atoms with Crippen LogP contribution < -0.4 is 16.6 Å². The van der Waals surface area contributed by atoms with Gasteiger partial charge in [-0.15, -0.1) is 0 Å². The van der Waals surface area contributed by atoms with Gasteiger partial charge in [-0.1, -0.05) is 26.0 Å². The van der Waals surface area contributed by atoms with Crippen LogP contribution in [-0.2, 0) is 6.54 Å². The second kappa shape index (κ2) is 6.68. The standard InChI is InChI=1S/C15H18N6/c1-10(2)13-14(19-9-20-15(13)21-17)18-8-12-5-3-4-11(6-12)7-16/h3-6,9-10H,8,17H2,1-2H3,(H2,18,19,20,21). The summed E-state index contributed by atoms with van der Waals surface area (Å²) >= 11 is 0. The minimum absolute atomic E-state index is 0.227. The molecule has 2 rings (SSSR count). The van der Waals surface area contributed by atoms with Gasteiger partial charge in [0.05, 0.1) is 11.6 Å². The van der Waals surface area contributed by atoms with Crippen LogP contribution in [0.1, 0.15) is 36.5 Å². The highest BCUT2D eigenvalue weighted by Gasteiger charge is 2.14. The van der Waals surface area contributed by atoms with E-state index in [1.54, 1.807) is 6.07 Å². The van der Waals surface area contributed by atoms with E-state index in [-0.39, 0.29) is 5.92 Å². The van der Waals surface area contributed by atoms with Crippen LogP contribution in [0.15, 0.2) is 30.6 Å². The van der Waals surface area contributed by atoms with Crippen LogP contribution in [0.25, 0.3) is 0 Å². The van der Waals surface area contributed by atoms with Crippen LogP contribution in [0, 0.1) is 11.3 Å². The lowest BCUT2D eigenvalue weighted by Crippen LogP contribution is -2.15. The van der Waals surface area contributed by atoms with Crippen LogP contribution >= 0.6 is 0 Å². The predicted molar refractivity (Wildman–Crippen MR) is 82.4 cm³/mol. The minimum atomic E-state index is 0.227. The maximum Gasteiger partial charge on any atom is 0.148 e. The SMILES string of the molecule is CC(C)c1c(NN)ncnc1NCc1cccc(C#N)c1. The van der Waals surface area contributed by atoms with E-state index in [0.717, 1.165) is 16.9 Å². The Morgan fingerprint density at radius 1 is 1.29 bits per heavy atom. The topological polar surface area (TPSA) is 99.7 Å². The van der Waals surface area contributed by atoms with E-state index in [4.69, 9.17) is 11.1 Å². The summed E-state index contributed by atoms with van der Waals surface area (Å²) in [6, 6.07) is 9.60. The van der Waals surface area contributed by atoms with Gasteiger partial charge >= 0.3 is 0 Å². The normalized spacial score (nSPS) is 10.2. The number of hydrogen-bond acceptors (Lipinski definition) is 6. The molecule has 0 amide bonds. The van der Waals surface area contributed by atoms with Gasteiger partial charge in [0.25, 0.3) is 0 Å². The zero-order valence-corrected chi connectivity index (χ0v) is 12.1. The third-order valence-corrected chi connectivity index (χ3v) is 3.11. The molecule has 1 aromatic carbocycles. The van der Waals surface area contributed by atoms with E-state index < -0.39 is 0 Å². The first-order chi connectivity index (χ1) is 10.2. The Morgan fingerprint density at radius 2 is 2.05 bits per heavy atom. The first-order valence-corrected chi connectivity index (χ1v) is 6.70. The molecular formula is C15H18N6. The van der Waals surface area contributed by atoms with Crippen molar-refractivity contribution in [3.05, 3.63) is 47.3 Å². The molecule has 0 unspecified atom stereocenters. The van der Waals surface area contributed by atoms with Gasteiger partial charge in [-0.2, -0.15) is 5.26 Å². The molecule has 1 aromatic heterocycles. The number of nitrogens with two attached hydrogens (primary N) is 1. The Hall–Kier alpha value is -2.65. The minimum Gasteiger partial charge on any atom is -0.366 e. The zero-order chi connectivity index (χ0) is 15.2. The fourth-order valence-corrected chi connectivity index (χ4v) is 2.13. The van der Waals surface area contributed by atoms with Gasteiger partial charge in [-0.05, 0) is 23.6 Å². The average molecular weight is 282 g/mol. The average Bonchev–Trinajstić information content (AvgIpc) is 2.52. The number of benzene rings is 1. The summed E-state index contributed by atoms with van der Waals surface area (Å²) in [6.07, 6.45) is 1.47. The van der Waals surface area contributed by atoms with Crippen LogP contribution in [0.5, 0.6) is 0 Å². The molecule has 108 valence electrons. The van der Waals surface area contributed by atoms with E-state index in [1.807, 2.05) is 18.2 Å². The molecule has 0 radical (unpaired) electrons. The highest BCUT2D eigenvalue weighted by atomic mass is 15.3. The van der Waals surface area contributed by atoms with Crippen molar-refractivity contribution < 1.29 is 0 Å². The van der Waals surface area contributed by atoms with Gasteiger partial charge in [0.2, 0.25) is 0 Å². The van der Waals surface area contributed by atoms with E-state index in [1.165, 1.54) is 6.33 Å². The highest BCUT2D eigenvalue weighted by Crippen LogP contribution is 2.27. The molecule has 0 spiro atoms. The van der Waals surface area contributed by atoms with Crippen LogP contribution in [0.2, 0.25) is 0 Å². The quantitative estimate of drug-likeness (QED) is 0.575. The summed E-state index contributed by atoms with van der Waals surface area (Å²) in [6.45, 7) is 4.69. The molecule has 0 fully saturated rings. The van der Waals surface area contributed by atoms with Gasteiger partial charge in [0.1, 0.15) is 18.0 Å². The number of nitrogens with zero attached hydrogens (tertiary/aromatic N) is 3. The maximum atomic E-state index is 8.92. The smallest absolute Gasteiger partial charge is 0.148 e. The van der Waals surface area contributed by atoms with Crippen molar-refractivity contribution >= 4 is 11.6 Å². The second-order valence-electron chi connectivity index (χ2n) is 4.95. The molecule has 0 saturated carbocycles. The number of nitriles is 1. The molecule has 0 aliphatic heterocycles. The third-order valence-electron chi connectivity index (χ3n) is 3.11. The Morgan fingerprint density at radius 3 is 2.71 bits per heavy atom. The molecule has 0 bridgehead atoms. The highest BCUT2D eigenvalue weighted by molar-refractivity contribution is 5.58. The molecule has 6 heteroatoms. The van der Waals surface area contributed by atoms with Crippen molar-refractivity contribution in [1.29, 1.82) is 5.26 Å². The van der Waals surface area contributed by atoms with E-state index in [2.05, 4.69) is 40.6 Å². The van der Waals surface area contributed by atoms with Crippen molar-refractivity contribution in [3.8, 4) is 6.07 Å². The third kappa shape index (κ3) is 3.46. The van der Waals surface area contributed by atoms with Gasteiger partial charge in [-0.25, -0.2) is 15.8 Å². The molecule has 2 aromatic rings. The van der Waals surface area contributed by atoms with E-state index in [0.29, 0.717) is 17.9 Å². The lowest BCUT2D eigenvalue weighted by molar-refractivity contribution is 0.845. The predicted octanol–water partition coefficient (Wildman–Crippen LogP) is 2.37. The number of aromatic nitrogens is 2. The summed E-state index contributed by atoms with van der Waals surface area (Å²) in [7, 11) is 0. The zero-order valence-electron chi connectivity index (χ0n) is 12.1. The molecule has 1 heterocycles. The molecule has 4 N–H and O–H groups in total. The van der Waals surface area contributed by atoms with Crippen LogP contribution in [0.3, 0.4) is 0 Å². The van der Waals surface area contributed by atoms with Gasteiger partial charge in [0.15, 0.2) is 0 Å². The monoisotopic (exact) mass is 282 g/mol. The van der Waals surface area contributed by atoms with Crippen molar-refractivity contribution in [1.82, 2.24) is 9.97 Å². The van der Waals surface area contributed by atoms with Crippen molar-refractivity contribution in [2.75, 3.05) is 10.7 Å². The molecule has 0 aliphatic carbocycles. The number of nitrogens with one attached hydrogen (secondary N) is 2. The van der Waals surface area contributed by atoms with E-state index in [9.17, 15) is 0 Å². The van der Waals surface area contributed by atoms with Gasteiger partial charge in [-0.3, -0.25) is 0 Å². The number of anilines is 2. The summed E-state index contributed by atoms with van der Waals surface area (Å²) in [5, 5.41) is 12.2. The molecule has 0 saturated heterocycles. The number of hydrazine groups is 1. The fourth-order valence-electron chi connectivity index (χ4n) is 2.13. The van der Waals surface area contributed by atoms with Crippen molar-refractivity contribution in [2.45, 2.75) is 26.3 Å². The summed E-state index contributed by atoms with van der Waals surface area (Å²) in [4.78, 5) is 8.41. The molecular weight excluding hydrogens is 264 g/mol. The van der Waals surface area contributed by atoms with Crippen LogP contribution in [-0.4, -0.2) is 9.97 Å². The lowest BCUT2D eigenvalue weighted by Gasteiger charge is -2.16. The largest absolute Gasteiger partial charge is 0.366 e. The van der Waals surface area contributed by atoms with Crippen molar-refractivity contribution in [2.24, 2.45) is 5.84 Å². The second-order valence-corrected chi connectivity index (χ2v) is 4.95. The number of nitrogen functional groups attached to an aromatic ring is 1. The molecule has 21 heavy (non-hydrogen) atoms. The summed E-state index contributed by atoms with van der Waals surface area (Å²) < 4.78 is 0. The first kappa shape index (κ1) is 14.8. The maximum absolute atomic E-state index is 8.92. The Kier molecular flexibility index (Phi) is 4.69. The summed E-state index contributed by atoms with van der Waals surface area (Å²) in [5.41, 5.74) is 5.20. The fraction of sp³-hybridized carbons (Fsp3) is 0.267. The number of hydrogen-bond donors (Lipinski definition) is 3. The van der Waals surface area contributed by atoms with Gasteiger partial charge < -0.3 is 10.7 Å². The molecule has 6 nitrogen and oxygen atoms in total. The number of rotatable bonds is 5. The summed E-state index contributed by atoms with van der Waals surface area (Å²) in [5.74, 6) is 7.09. The Labute approximate surface area is 124 Å². The lowest BCUT2D eigenvalue weighted by atomic mass is 10.0. The first-order valence-electron chi connectivity index (χ1n) is 6.70. The van der Waals surface area contributed by atoms with Gasteiger partial charge in [0, 0.05) is 12.1 Å². The Balaban J connectivity index is 2.22.